The third kappa shape index (κ3) is 3.75. The van der Waals surface area contributed by atoms with Crippen LogP contribution in [0.4, 0.5) is 26.3 Å². The maximum absolute atomic E-state index is 12.7. The normalized spacial score (nSPS) is 16.9. The van der Waals surface area contributed by atoms with E-state index in [1.165, 1.54) is 7.05 Å². The van der Waals surface area contributed by atoms with E-state index >= 15 is 0 Å². The molecule has 0 N–H and O–H groups in total. The molecule has 0 aromatic carbocycles. The van der Waals surface area contributed by atoms with E-state index < -0.39 is 23.7 Å². The van der Waals surface area contributed by atoms with Gasteiger partial charge in [0.2, 0.25) is 0 Å². The number of aryl methyl sites for hydroxylation is 1. The summed E-state index contributed by atoms with van der Waals surface area (Å²) in [5.74, 6) is -0.190. The van der Waals surface area contributed by atoms with Gasteiger partial charge in [-0.25, -0.2) is 9.97 Å². The minimum atomic E-state index is -4.54. The number of rotatable bonds is 3. The lowest BCUT2D eigenvalue weighted by molar-refractivity contribution is -0.142. The topological polar surface area (TPSA) is 46.8 Å². The van der Waals surface area contributed by atoms with Crippen molar-refractivity contribution >= 4 is 0 Å². The number of nitrogens with zero attached hydrogens (tertiary/aromatic N) is 5. The second kappa shape index (κ2) is 5.97. The fourth-order valence-electron chi connectivity index (χ4n) is 2.61. The van der Waals surface area contributed by atoms with Gasteiger partial charge in [0.05, 0.1) is 5.69 Å². The second-order valence-corrected chi connectivity index (χ2v) is 5.83. The number of hydrogen-bond acceptors (Lipinski definition) is 4. The quantitative estimate of drug-likeness (QED) is 0.785. The highest BCUT2D eigenvalue weighted by Crippen LogP contribution is 2.32. The Kier molecular flexibility index (Phi) is 4.21. The van der Waals surface area contributed by atoms with Gasteiger partial charge < -0.3 is 0 Å². The van der Waals surface area contributed by atoms with Crippen molar-refractivity contribution in [3.8, 4) is 0 Å². The van der Waals surface area contributed by atoms with Crippen LogP contribution in [0.3, 0.4) is 0 Å². The van der Waals surface area contributed by atoms with E-state index in [9.17, 15) is 26.3 Å². The zero-order valence-electron chi connectivity index (χ0n) is 12.9. The molecule has 0 saturated carbocycles. The summed E-state index contributed by atoms with van der Waals surface area (Å²) in [6.07, 6.45) is -7.99. The monoisotopic (exact) mass is 365 g/mol. The maximum atomic E-state index is 12.7. The molecule has 136 valence electrons. The summed E-state index contributed by atoms with van der Waals surface area (Å²) in [6.45, 7) is 0.955. The molecule has 3 heterocycles. The number of hydrogen-bond donors (Lipinski definition) is 0. The van der Waals surface area contributed by atoms with Crippen LogP contribution in [0.5, 0.6) is 0 Å². The molecule has 0 bridgehead atoms. The first-order chi connectivity index (χ1) is 11.5. The Balaban J connectivity index is 1.63. The second-order valence-electron chi connectivity index (χ2n) is 5.83. The first-order valence-electron chi connectivity index (χ1n) is 7.26. The summed E-state index contributed by atoms with van der Waals surface area (Å²) in [5, 5.41) is 3.42. The van der Waals surface area contributed by atoms with E-state index in [2.05, 4.69) is 15.1 Å². The third-order valence-electron chi connectivity index (χ3n) is 3.94. The summed E-state index contributed by atoms with van der Waals surface area (Å²) in [4.78, 5) is 9.20. The van der Waals surface area contributed by atoms with Crippen LogP contribution in [-0.2, 0) is 25.9 Å². The highest BCUT2D eigenvalue weighted by Gasteiger charge is 2.37. The van der Waals surface area contributed by atoms with E-state index in [1.807, 2.05) is 0 Å². The number of halogens is 6. The van der Waals surface area contributed by atoms with Crippen molar-refractivity contribution in [2.24, 2.45) is 7.05 Å². The molecular weight excluding hydrogens is 352 g/mol. The van der Waals surface area contributed by atoms with Crippen LogP contribution in [0.15, 0.2) is 18.3 Å². The first kappa shape index (κ1) is 17.6. The molecule has 0 aliphatic carbocycles. The molecule has 0 spiro atoms. The van der Waals surface area contributed by atoms with E-state index in [0.29, 0.717) is 18.8 Å². The highest BCUT2D eigenvalue weighted by molar-refractivity contribution is 5.15. The fraction of sp³-hybridized carbons (Fsp3) is 0.500. The molecule has 0 unspecified atom stereocenters. The van der Waals surface area contributed by atoms with Crippen LogP contribution in [0.2, 0.25) is 0 Å². The molecule has 11 heteroatoms. The predicted molar refractivity (Wildman–Crippen MR) is 73.3 cm³/mol. The van der Waals surface area contributed by atoms with Gasteiger partial charge in [0.15, 0.2) is 5.69 Å². The van der Waals surface area contributed by atoms with Crippen molar-refractivity contribution in [1.82, 2.24) is 24.6 Å². The lowest BCUT2D eigenvalue weighted by Crippen LogP contribution is -2.45. The molecule has 1 aliphatic rings. The zero-order chi connectivity index (χ0) is 18.4. The predicted octanol–water partition coefficient (Wildman–Crippen LogP) is 2.85. The van der Waals surface area contributed by atoms with Crippen LogP contribution in [-0.4, -0.2) is 37.7 Å². The summed E-state index contributed by atoms with van der Waals surface area (Å²) in [5.41, 5.74) is -1.60. The van der Waals surface area contributed by atoms with Gasteiger partial charge in [0.25, 0.3) is 0 Å². The van der Waals surface area contributed by atoms with Gasteiger partial charge >= 0.3 is 12.4 Å². The Bertz CT molecular complexity index is 760. The lowest BCUT2D eigenvalue weighted by Gasteiger charge is -2.38. The largest absolute Gasteiger partial charge is 0.435 e. The molecule has 1 saturated heterocycles. The minimum Gasteiger partial charge on any atom is -0.296 e. The van der Waals surface area contributed by atoms with Crippen molar-refractivity contribution in [1.29, 1.82) is 0 Å². The molecular formula is C14H13F6N5. The molecule has 1 fully saturated rings. The fourth-order valence-corrected chi connectivity index (χ4v) is 2.61. The lowest BCUT2D eigenvalue weighted by atomic mass is 9.99. The van der Waals surface area contributed by atoms with Crippen LogP contribution >= 0.6 is 0 Å². The molecule has 3 rings (SSSR count). The third-order valence-corrected chi connectivity index (χ3v) is 3.94. The molecule has 0 atom stereocenters. The Morgan fingerprint density at radius 2 is 1.72 bits per heavy atom. The molecule has 2 aromatic rings. The van der Waals surface area contributed by atoms with Crippen molar-refractivity contribution < 1.29 is 26.3 Å². The maximum Gasteiger partial charge on any atom is 0.435 e. The van der Waals surface area contributed by atoms with Crippen molar-refractivity contribution in [2.75, 3.05) is 13.1 Å². The molecule has 0 amide bonds. The van der Waals surface area contributed by atoms with Gasteiger partial charge in [-0.2, -0.15) is 31.4 Å². The van der Waals surface area contributed by atoms with Gasteiger partial charge in [-0.15, -0.1) is 0 Å². The van der Waals surface area contributed by atoms with Crippen LogP contribution in [0.25, 0.3) is 0 Å². The average Bonchev–Trinajstić information content (AvgIpc) is 2.83. The zero-order valence-corrected chi connectivity index (χ0v) is 12.9. The van der Waals surface area contributed by atoms with Crippen LogP contribution in [0.1, 0.15) is 28.8 Å². The van der Waals surface area contributed by atoms with Gasteiger partial charge in [-0.1, -0.05) is 0 Å². The number of aromatic nitrogens is 4. The standard InChI is InChI=1S/C14H13F6N5/c1-24-9(4-11(23-24)14(18,19)20)7-25-5-8(6-25)12-21-3-2-10(22-12)13(15,16)17/h2-4,8H,5-7H2,1H3. The van der Waals surface area contributed by atoms with Gasteiger partial charge in [-0.05, 0) is 12.1 Å². The summed E-state index contributed by atoms with van der Waals surface area (Å²) >= 11 is 0. The smallest absolute Gasteiger partial charge is 0.296 e. The summed E-state index contributed by atoms with van der Waals surface area (Å²) in [7, 11) is 1.41. The summed E-state index contributed by atoms with van der Waals surface area (Å²) in [6, 6.07) is 1.77. The van der Waals surface area contributed by atoms with Crippen LogP contribution in [0, 0.1) is 0 Å². The van der Waals surface area contributed by atoms with Crippen molar-refractivity contribution in [3.63, 3.8) is 0 Å². The first-order valence-corrected chi connectivity index (χ1v) is 7.26. The Labute approximate surface area is 138 Å². The Morgan fingerprint density at radius 3 is 2.28 bits per heavy atom. The molecule has 5 nitrogen and oxygen atoms in total. The molecule has 25 heavy (non-hydrogen) atoms. The van der Waals surface area contributed by atoms with Crippen molar-refractivity contribution in [2.45, 2.75) is 24.8 Å². The van der Waals surface area contributed by atoms with Crippen LogP contribution < -0.4 is 0 Å². The van der Waals surface area contributed by atoms with Gasteiger partial charge in [-0.3, -0.25) is 9.58 Å². The number of likely N-dealkylation sites (tertiary alicyclic amines) is 1. The molecule has 0 radical (unpaired) electrons. The van der Waals surface area contributed by atoms with E-state index in [1.54, 1.807) is 4.90 Å². The molecule has 2 aromatic heterocycles. The van der Waals surface area contributed by atoms with Crippen molar-refractivity contribution in [3.05, 3.63) is 41.2 Å². The van der Waals surface area contributed by atoms with Gasteiger partial charge in [0, 0.05) is 38.8 Å². The average molecular weight is 365 g/mol. The SMILES string of the molecule is Cn1nc(C(F)(F)F)cc1CN1CC(c2nccc(C(F)(F)F)n2)C1. The Hall–Kier alpha value is -2.17. The molecule has 1 aliphatic heterocycles. The van der Waals surface area contributed by atoms with Gasteiger partial charge in [0.1, 0.15) is 11.5 Å². The summed E-state index contributed by atoms with van der Waals surface area (Å²) < 4.78 is 77.0. The number of alkyl halides is 6. The highest BCUT2D eigenvalue weighted by atomic mass is 19.4. The minimum absolute atomic E-state index is 0.0899. The van der Waals surface area contributed by atoms with E-state index in [4.69, 9.17) is 0 Å². The van der Waals surface area contributed by atoms with E-state index in [-0.39, 0.29) is 18.3 Å². The Morgan fingerprint density at radius 1 is 1.08 bits per heavy atom. The van der Waals surface area contributed by atoms with E-state index in [0.717, 1.165) is 23.0 Å².